The molecule has 0 bridgehead atoms. The maximum atomic E-state index is 12.3. The lowest BCUT2D eigenvalue weighted by molar-refractivity contribution is 0.102. The van der Waals surface area contributed by atoms with Gasteiger partial charge in [-0.05, 0) is 12.3 Å². The first-order chi connectivity index (χ1) is 10.7. The van der Waals surface area contributed by atoms with Gasteiger partial charge < -0.3 is 14.6 Å². The second kappa shape index (κ2) is 6.31. The number of carbonyl (C=O) groups is 1. The molecule has 1 aliphatic heterocycles. The maximum Gasteiger partial charge on any atom is 0.275 e. The average Bonchev–Trinajstić information content (AvgIpc) is 3.11. The van der Waals surface area contributed by atoms with Gasteiger partial charge in [-0.1, -0.05) is 6.92 Å². The number of amides is 1. The van der Waals surface area contributed by atoms with Crippen LogP contribution in [0.4, 0.5) is 5.69 Å². The zero-order chi connectivity index (χ0) is 15.5. The summed E-state index contributed by atoms with van der Waals surface area (Å²) in [5.74, 6) is 1.44. The van der Waals surface area contributed by atoms with E-state index in [2.05, 4.69) is 26.9 Å². The molecule has 2 aromatic heterocycles. The summed E-state index contributed by atoms with van der Waals surface area (Å²) in [6.07, 6.45) is 7.32. The van der Waals surface area contributed by atoms with E-state index in [4.69, 9.17) is 4.74 Å². The second-order valence-electron chi connectivity index (χ2n) is 5.78. The van der Waals surface area contributed by atoms with Crippen molar-refractivity contribution in [2.24, 2.45) is 5.92 Å². The van der Waals surface area contributed by atoms with E-state index in [-0.39, 0.29) is 5.91 Å². The molecule has 0 radical (unpaired) electrons. The Morgan fingerprint density at radius 1 is 1.50 bits per heavy atom. The van der Waals surface area contributed by atoms with Gasteiger partial charge in [0.2, 0.25) is 0 Å². The molecule has 0 aliphatic carbocycles. The number of carbonyl (C=O) groups excluding carboxylic acids is 1. The minimum absolute atomic E-state index is 0.194. The molecule has 0 fully saturated rings. The third-order valence-electron chi connectivity index (χ3n) is 3.88. The molecular formula is C15H21N5O2. The number of nitrogens with zero attached hydrogens (tertiary/aromatic N) is 4. The van der Waals surface area contributed by atoms with Crippen molar-refractivity contribution in [2.75, 3.05) is 19.0 Å². The molecule has 3 rings (SSSR count). The zero-order valence-electron chi connectivity index (χ0n) is 13.0. The number of ether oxygens (including phenoxy) is 1. The Kier molecular flexibility index (Phi) is 4.24. The lowest BCUT2D eigenvalue weighted by Gasteiger charge is -2.19. The predicted octanol–water partition coefficient (Wildman–Crippen LogP) is 1.56. The van der Waals surface area contributed by atoms with Crippen molar-refractivity contribution < 1.29 is 9.53 Å². The normalized spacial score (nSPS) is 17.3. The third-order valence-corrected chi connectivity index (χ3v) is 3.88. The van der Waals surface area contributed by atoms with Gasteiger partial charge in [-0.3, -0.25) is 9.48 Å². The van der Waals surface area contributed by atoms with Crippen LogP contribution >= 0.6 is 0 Å². The van der Waals surface area contributed by atoms with E-state index < -0.39 is 0 Å². The quantitative estimate of drug-likeness (QED) is 0.909. The van der Waals surface area contributed by atoms with E-state index in [9.17, 15) is 4.79 Å². The number of fused-ring (bicyclic) bond motifs is 1. The summed E-state index contributed by atoms with van der Waals surface area (Å²) >= 11 is 0. The molecule has 118 valence electrons. The highest BCUT2D eigenvalue weighted by molar-refractivity contribution is 6.02. The van der Waals surface area contributed by atoms with Crippen LogP contribution in [0.2, 0.25) is 0 Å². The molecule has 3 heterocycles. The Balaban J connectivity index is 1.66. The van der Waals surface area contributed by atoms with Gasteiger partial charge in [0, 0.05) is 32.5 Å². The Morgan fingerprint density at radius 3 is 3.18 bits per heavy atom. The minimum atomic E-state index is -0.194. The lowest BCUT2D eigenvalue weighted by Crippen LogP contribution is -2.17. The van der Waals surface area contributed by atoms with Crippen molar-refractivity contribution in [3.63, 3.8) is 0 Å². The number of nitrogens with one attached hydrogen (secondary N) is 1. The highest BCUT2D eigenvalue weighted by Gasteiger charge is 2.20. The molecule has 0 spiro atoms. The van der Waals surface area contributed by atoms with Gasteiger partial charge in [-0.2, -0.15) is 5.10 Å². The van der Waals surface area contributed by atoms with E-state index in [1.165, 1.54) is 0 Å². The number of methoxy groups -OCH3 is 1. The SMILES string of the molecule is COCCn1cc(NC(=O)c2cn3c(n2)CC[C@@H](C)C3)cn1. The number of hydrogen-bond acceptors (Lipinski definition) is 4. The number of rotatable bonds is 5. The van der Waals surface area contributed by atoms with Crippen LogP contribution in [0.15, 0.2) is 18.6 Å². The van der Waals surface area contributed by atoms with Crippen molar-refractivity contribution in [1.29, 1.82) is 0 Å². The second-order valence-corrected chi connectivity index (χ2v) is 5.78. The van der Waals surface area contributed by atoms with Crippen LogP contribution in [-0.4, -0.2) is 39.0 Å². The van der Waals surface area contributed by atoms with Crippen LogP contribution < -0.4 is 5.32 Å². The highest BCUT2D eigenvalue weighted by Crippen LogP contribution is 2.19. The molecule has 0 saturated carbocycles. The molecular weight excluding hydrogens is 282 g/mol. The first kappa shape index (κ1) is 14.8. The van der Waals surface area contributed by atoms with Crippen LogP contribution in [0.3, 0.4) is 0 Å². The molecule has 0 aromatic carbocycles. The van der Waals surface area contributed by atoms with Gasteiger partial charge in [0.1, 0.15) is 11.5 Å². The van der Waals surface area contributed by atoms with Crippen molar-refractivity contribution in [1.82, 2.24) is 19.3 Å². The van der Waals surface area contributed by atoms with E-state index in [1.807, 2.05) is 6.20 Å². The predicted molar refractivity (Wildman–Crippen MR) is 81.8 cm³/mol. The van der Waals surface area contributed by atoms with Crippen molar-refractivity contribution in [3.05, 3.63) is 30.1 Å². The smallest absolute Gasteiger partial charge is 0.275 e. The van der Waals surface area contributed by atoms with Crippen molar-refractivity contribution >= 4 is 11.6 Å². The van der Waals surface area contributed by atoms with Gasteiger partial charge in [0.05, 0.1) is 25.0 Å². The topological polar surface area (TPSA) is 74.0 Å². The van der Waals surface area contributed by atoms with Crippen molar-refractivity contribution in [3.8, 4) is 0 Å². The molecule has 0 saturated heterocycles. The van der Waals surface area contributed by atoms with Crippen LogP contribution in [0.5, 0.6) is 0 Å². The molecule has 1 atom stereocenters. The summed E-state index contributed by atoms with van der Waals surface area (Å²) in [5, 5.41) is 7.01. The maximum absolute atomic E-state index is 12.3. The third kappa shape index (κ3) is 3.19. The fourth-order valence-corrected chi connectivity index (χ4v) is 2.65. The monoisotopic (exact) mass is 303 g/mol. The first-order valence-electron chi connectivity index (χ1n) is 7.54. The van der Waals surface area contributed by atoms with E-state index in [0.29, 0.717) is 30.5 Å². The van der Waals surface area contributed by atoms with Gasteiger partial charge in [0.15, 0.2) is 0 Å². The van der Waals surface area contributed by atoms with Crippen LogP contribution in [0, 0.1) is 5.92 Å². The Hall–Kier alpha value is -2.15. The average molecular weight is 303 g/mol. The first-order valence-corrected chi connectivity index (χ1v) is 7.54. The molecule has 1 amide bonds. The molecule has 22 heavy (non-hydrogen) atoms. The molecule has 0 unspecified atom stereocenters. The number of anilines is 1. The van der Waals surface area contributed by atoms with Gasteiger partial charge in [0.25, 0.3) is 5.91 Å². The largest absolute Gasteiger partial charge is 0.383 e. The molecule has 1 N–H and O–H groups in total. The van der Waals surface area contributed by atoms with Crippen molar-refractivity contribution in [2.45, 2.75) is 32.9 Å². The highest BCUT2D eigenvalue weighted by atomic mass is 16.5. The summed E-state index contributed by atoms with van der Waals surface area (Å²) in [7, 11) is 1.65. The molecule has 7 nitrogen and oxygen atoms in total. The minimum Gasteiger partial charge on any atom is -0.383 e. The Bertz CT molecular complexity index is 661. The van der Waals surface area contributed by atoms with Gasteiger partial charge in [-0.15, -0.1) is 0 Å². The number of aromatic nitrogens is 4. The number of hydrogen-bond donors (Lipinski definition) is 1. The fourth-order valence-electron chi connectivity index (χ4n) is 2.65. The van der Waals surface area contributed by atoms with Crippen LogP contribution in [0.1, 0.15) is 29.7 Å². The summed E-state index contributed by atoms with van der Waals surface area (Å²) in [4.78, 5) is 16.7. The summed E-state index contributed by atoms with van der Waals surface area (Å²) in [6.45, 7) is 4.39. The standard InChI is InChI=1S/C15H21N5O2/c1-11-3-4-14-18-13(10-19(14)8-11)15(21)17-12-7-16-20(9-12)5-6-22-2/h7,9-11H,3-6,8H2,1-2H3,(H,17,21)/t11-/m1/s1. The number of imidazole rings is 1. The Labute approximate surface area is 129 Å². The van der Waals surface area contributed by atoms with Gasteiger partial charge >= 0.3 is 0 Å². The van der Waals surface area contributed by atoms with Crippen LogP contribution in [-0.2, 0) is 24.2 Å². The van der Waals surface area contributed by atoms with Gasteiger partial charge in [-0.25, -0.2) is 4.98 Å². The lowest BCUT2D eigenvalue weighted by atomic mass is 10.0. The molecule has 2 aromatic rings. The van der Waals surface area contributed by atoms with E-state index in [1.54, 1.807) is 24.2 Å². The van der Waals surface area contributed by atoms with E-state index in [0.717, 1.165) is 25.2 Å². The Morgan fingerprint density at radius 2 is 2.36 bits per heavy atom. The number of aryl methyl sites for hydroxylation is 1. The summed E-state index contributed by atoms with van der Waals surface area (Å²) in [5.41, 5.74) is 1.13. The zero-order valence-corrected chi connectivity index (χ0v) is 13.0. The summed E-state index contributed by atoms with van der Waals surface area (Å²) < 4.78 is 8.82. The fraction of sp³-hybridized carbons (Fsp3) is 0.533. The molecule has 1 aliphatic rings. The summed E-state index contributed by atoms with van der Waals surface area (Å²) in [6, 6.07) is 0. The van der Waals surface area contributed by atoms with Crippen LogP contribution in [0.25, 0.3) is 0 Å². The molecule has 7 heteroatoms. The van der Waals surface area contributed by atoms with E-state index >= 15 is 0 Å².